The van der Waals surface area contributed by atoms with Crippen molar-refractivity contribution in [3.63, 3.8) is 0 Å². The molecule has 1 atom stereocenters. The molecule has 1 aromatic carbocycles. The monoisotopic (exact) mass is 330 g/mol. The topological polar surface area (TPSA) is 69.6 Å². The second-order valence-corrected chi connectivity index (χ2v) is 6.87. The van der Waals surface area contributed by atoms with Crippen LogP contribution in [0.3, 0.4) is 0 Å². The Hall–Kier alpha value is -1.88. The molecule has 5 nitrogen and oxygen atoms in total. The fraction of sp³-hybridized carbons (Fsp3) is 0.579. The van der Waals surface area contributed by atoms with E-state index in [2.05, 4.69) is 5.32 Å². The van der Waals surface area contributed by atoms with E-state index in [9.17, 15) is 14.7 Å². The summed E-state index contributed by atoms with van der Waals surface area (Å²) in [5.41, 5.74) is 0.862. The highest BCUT2D eigenvalue weighted by molar-refractivity contribution is 5.89. The number of benzene rings is 1. The third-order valence-corrected chi connectivity index (χ3v) is 5.08. The number of nitrogens with one attached hydrogen (secondary N) is 1. The quantitative estimate of drug-likeness (QED) is 0.889. The molecule has 24 heavy (non-hydrogen) atoms. The number of rotatable bonds is 4. The Labute approximate surface area is 143 Å². The van der Waals surface area contributed by atoms with Crippen LogP contribution in [0.1, 0.15) is 56.6 Å². The molecular formula is C19H26N2O3. The van der Waals surface area contributed by atoms with Gasteiger partial charge < -0.3 is 15.3 Å². The zero-order valence-electron chi connectivity index (χ0n) is 14.0. The number of likely N-dealkylation sites (tertiary alicyclic amines) is 1. The molecule has 1 unspecified atom stereocenters. The van der Waals surface area contributed by atoms with E-state index in [1.54, 1.807) is 4.90 Å². The maximum absolute atomic E-state index is 13.0. The van der Waals surface area contributed by atoms with Gasteiger partial charge in [0.1, 0.15) is 6.04 Å². The number of carbonyl (C=O) groups excluding carboxylic acids is 2. The maximum Gasteiger partial charge on any atom is 0.247 e. The van der Waals surface area contributed by atoms with E-state index < -0.39 is 6.04 Å². The van der Waals surface area contributed by atoms with Gasteiger partial charge >= 0.3 is 0 Å². The molecule has 1 aliphatic heterocycles. The number of aliphatic hydroxyl groups is 1. The standard InChI is InChI=1S/C19H26N2O3/c22-16-11-9-15(10-12-16)20-19(24)18(14-6-2-1-3-7-14)21-13-5-4-8-17(21)23/h1-3,6-7,15-16,18,22H,4-5,8-13H2,(H,20,24). The zero-order chi connectivity index (χ0) is 16.9. The van der Waals surface area contributed by atoms with E-state index in [-0.39, 0.29) is 24.0 Å². The van der Waals surface area contributed by atoms with Crippen LogP contribution in [0.5, 0.6) is 0 Å². The summed E-state index contributed by atoms with van der Waals surface area (Å²) in [6, 6.07) is 9.09. The molecule has 2 fully saturated rings. The van der Waals surface area contributed by atoms with Crippen molar-refractivity contribution in [2.75, 3.05) is 6.54 Å². The van der Waals surface area contributed by atoms with Crippen LogP contribution in [-0.4, -0.2) is 40.5 Å². The van der Waals surface area contributed by atoms with Crippen LogP contribution in [0.2, 0.25) is 0 Å². The van der Waals surface area contributed by atoms with Gasteiger partial charge in [0.2, 0.25) is 11.8 Å². The van der Waals surface area contributed by atoms with Crippen molar-refractivity contribution in [1.82, 2.24) is 10.2 Å². The Bertz CT molecular complexity index is 567. The van der Waals surface area contributed by atoms with Crippen molar-refractivity contribution in [3.8, 4) is 0 Å². The van der Waals surface area contributed by atoms with Crippen LogP contribution in [-0.2, 0) is 9.59 Å². The van der Waals surface area contributed by atoms with Crippen LogP contribution in [0.25, 0.3) is 0 Å². The summed E-state index contributed by atoms with van der Waals surface area (Å²) in [7, 11) is 0. The molecular weight excluding hydrogens is 304 g/mol. The summed E-state index contributed by atoms with van der Waals surface area (Å²) in [6.45, 7) is 0.634. The Balaban J connectivity index is 1.76. The van der Waals surface area contributed by atoms with Crippen molar-refractivity contribution in [2.45, 2.75) is 63.1 Å². The molecule has 2 amide bonds. The normalized spacial score (nSPS) is 26.0. The van der Waals surface area contributed by atoms with Gasteiger partial charge in [0.05, 0.1) is 6.10 Å². The first kappa shape index (κ1) is 17.0. The molecule has 0 radical (unpaired) electrons. The summed E-state index contributed by atoms with van der Waals surface area (Å²) in [4.78, 5) is 27.1. The van der Waals surface area contributed by atoms with Crippen LogP contribution in [0.15, 0.2) is 30.3 Å². The van der Waals surface area contributed by atoms with E-state index in [0.717, 1.165) is 44.1 Å². The smallest absolute Gasteiger partial charge is 0.247 e. The molecule has 1 saturated carbocycles. The third kappa shape index (κ3) is 3.96. The summed E-state index contributed by atoms with van der Waals surface area (Å²) >= 11 is 0. The van der Waals surface area contributed by atoms with Crippen molar-refractivity contribution >= 4 is 11.8 Å². The molecule has 1 saturated heterocycles. The molecule has 1 aromatic rings. The minimum atomic E-state index is -0.550. The lowest BCUT2D eigenvalue weighted by atomic mass is 9.92. The van der Waals surface area contributed by atoms with Gasteiger partial charge in [-0.1, -0.05) is 30.3 Å². The molecule has 5 heteroatoms. The van der Waals surface area contributed by atoms with Gasteiger partial charge in [-0.05, 0) is 44.1 Å². The lowest BCUT2D eigenvalue weighted by molar-refractivity contribution is -0.143. The van der Waals surface area contributed by atoms with E-state index >= 15 is 0 Å². The highest BCUT2D eigenvalue weighted by Crippen LogP contribution is 2.27. The van der Waals surface area contributed by atoms with Gasteiger partial charge in [-0.15, -0.1) is 0 Å². The number of carbonyl (C=O) groups is 2. The Morgan fingerprint density at radius 1 is 1.12 bits per heavy atom. The fourth-order valence-corrected chi connectivity index (χ4v) is 3.71. The Morgan fingerprint density at radius 2 is 1.83 bits per heavy atom. The van der Waals surface area contributed by atoms with Crippen LogP contribution in [0, 0.1) is 0 Å². The summed E-state index contributed by atoms with van der Waals surface area (Å²) in [5.74, 6) is -0.0397. The van der Waals surface area contributed by atoms with E-state index in [1.807, 2.05) is 30.3 Å². The largest absolute Gasteiger partial charge is 0.393 e. The molecule has 1 aliphatic carbocycles. The van der Waals surface area contributed by atoms with Gasteiger partial charge in [0.25, 0.3) is 0 Å². The van der Waals surface area contributed by atoms with Crippen molar-refractivity contribution in [1.29, 1.82) is 0 Å². The van der Waals surface area contributed by atoms with Gasteiger partial charge in [-0.25, -0.2) is 0 Å². The number of nitrogens with zero attached hydrogens (tertiary/aromatic N) is 1. The lowest BCUT2D eigenvalue weighted by Crippen LogP contribution is -2.48. The number of aliphatic hydroxyl groups excluding tert-OH is 1. The first-order chi connectivity index (χ1) is 11.6. The third-order valence-electron chi connectivity index (χ3n) is 5.08. The fourth-order valence-electron chi connectivity index (χ4n) is 3.71. The van der Waals surface area contributed by atoms with Gasteiger partial charge in [0, 0.05) is 19.0 Å². The Morgan fingerprint density at radius 3 is 2.50 bits per heavy atom. The van der Waals surface area contributed by atoms with Crippen LogP contribution in [0.4, 0.5) is 0 Å². The molecule has 2 N–H and O–H groups in total. The van der Waals surface area contributed by atoms with E-state index in [0.29, 0.717) is 13.0 Å². The molecule has 130 valence electrons. The average Bonchev–Trinajstić information content (AvgIpc) is 2.60. The Kier molecular flexibility index (Phi) is 5.51. The summed E-state index contributed by atoms with van der Waals surface area (Å²) < 4.78 is 0. The predicted molar refractivity (Wildman–Crippen MR) is 91.2 cm³/mol. The first-order valence-electron chi connectivity index (χ1n) is 8.98. The van der Waals surface area contributed by atoms with E-state index in [1.165, 1.54) is 0 Å². The number of hydrogen-bond acceptors (Lipinski definition) is 3. The highest BCUT2D eigenvalue weighted by Gasteiger charge is 2.34. The molecule has 3 rings (SSSR count). The van der Waals surface area contributed by atoms with Crippen molar-refractivity contribution in [2.24, 2.45) is 0 Å². The molecule has 0 spiro atoms. The summed E-state index contributed by atoms with van der Waals surface area (Å²) in [6.07, 6.45) is 5.16. The van der Waals surface area contributed by atoms with Gasteiger partial charge in [-0.2, -0.15) is 0 Å². The van der Waals surface area contributed by atoms with Crippen LogP contribution >= 0.6 is 0 Å². The van der Waals surface area contributed by atoms with E-state index in [4.69, 9.17) is 0 Å². The molecule has 0 aromatic heterocycles. The maximum atomic E-state index is 13.0. The minimum Gasteiger partial charge on any atom is -0.393 e. The predicted octanol–water partition coefficient (Wildman–Crippen LogP) is 2.16. The van der Waals surface area contributed by atoms with Crippen LogP contribution < -0.4 is 5.32 Å². The molecule has 0 bridgehead atoms. The zero-order valence-corrected chi connectivity index (χ0v) is 14.0. The second kappa shape index (κ2) is 7.79. The lowest BCUT2D eigenvalue weighted by Gasteiger charge is -2.35. The first-order valence-corrected chi connectivity index (χ1v) is 8.98. The number of hydrogen-bond donors (Lipinski definition) is 2. The van der Waals surface area contributed by atoms with Crippen molar-refractivity contribution in [3.05, 3.63) is 35.9 Å². The minimum absolute atomic E-state index is 0.0596. The summed E-state index contributed by atoms with van der Waals surface area (Å²) in [5, 5.41) is 12.7. The van der Waals surface area contributed by atoms with Gasteiger partial charge in [0.15, 0.2) is 0 Å². The highest BCUT2D eigenvalue weighted by atomic mass is 16.3. The second-order valence-electron chi connectivity index (χ2n) is 6.87. The SMILES string of the molecule is O=C(NC1CCC(O)CC1)C(c1ccccc1)N1CCCCC1=O. The molecule has 2 aliphatic rings. The number of amides is 2. The van der Waals surface area contributed by atoms with Crippen molar-refractivity contribution < 1.29 is 14.7 Å². The molecule has 1 heterocycles. The van der Waals surface area contributed by atoms with Gasteiger partial charge in [-0.3, -0.25) is 9.59 Å². The number of piperidine rings is 1. The average molecular weight is 330 g/mol.